The van der Waals surface area contributed by atoms with Crippen LogP contribution in [0.3, 0.4) is 0 Å². The van der Waals surface area contributed by atoms with E-state index in [4.69, 9.17) is 22.3 Å². The molecule has 0 unspecified atom stereocenters. The van der Waals surface area contributed by atoms with Crippen molar-refractivity contribution in [1.29, 1.82) is 0 Å². The lowest BCUT2D eigenvalue weighted by molar-refractivity contribution is 0.273. The van der Waals surface area contributed by atoms with E-state index >= 15 is 0 Å². The molecule has 1 aromatic carbocycles. The fraction of sp³-hybridized carbons (Fsp3) is 0.412. The maximum absolute atomic E-state index is 9.24. The molecular formula is C17H20O3. The number of terminal acetylenes is 2. The topological polar surface area (TPSA) is 38.7 Å². The summed E-state index contributed by atoms with van der Waals surface area (Å²) in [6.45, 7) is 1.05. The average molecular weight is 272 g/mol. The molecule has 0 aliphatic carbocycles. The van der Waals surface area contributed by atoms with Crippen molar-refractivity contribution in [3.05, 3.63) is 23.8 Å². The molecule has 0 fully saturated rings. The fourth-order valence-electron chi connectivity index (χ4n) is 1.62. The Morgan fingerprint density at radius 3 is 1.80 bits per heavy atom. The number of hydrogen-bond acceptors (Lipinski definition) is 3. The molecule has 0 atom stereocenters. The third-order valence-electron chi connectivity index (χ3n) is 2.59. The van der Waals surface area contributed by atoms with E-state index in [0.717, 1.165) is 18.4 Å². The predicted octanol–water partition coefficient (Wildman–Crippen LogP) is 2.76. The Hall–Kier alpha value is -2.10. The Balaban J connectivity index is 2.56. The third kappa shape index (κ3) is 6.18. The summed E-state index contributed by atoms with van der Waals surface area (Å²) in [6, 6.07) is 5.40. The molecule has 1 rings (SSSR count). The van der Waals surface area contributed by atoms with Crippen LogP contribution in [0.25, 0.3) is 0 Å². The number of rotatable bonds is 9. The van der Waals surface area contributed by atoms with Crippen molar-refractivity contribution in [2.24, 2.45) is 0 Å². The van der Waals surface area contributed by atoms with E-state index in [9.17, 15) is 5.11 Å². The molecule has 0 heterocycles. The van der Waals surface area contributed by atoms with Crippen LogP contribution in [0.5, 0.6) is 11.5 Å². The molecule has 20 heavy (non-hydrogen) atoms. The maximum Gasteiger partial charge on any atom is 0.123 e. The van der Waals surface area contributed by atoms with Crippen molar-refractivity contribution in [2.75, 3.05) is 13.2 Å². The first kappa shape index (κ1) is 16.0. The highest BCUT2D eigenvalue weighted by Gasteiger charge is 2.03. The summed E-state index contributed by atoms with van der Waals surface area (Å²) >= 11 is 0. The molecule has 0 spiro atoms. The van der Waals surface area contributed by atoms with Gasteiger partial charge in [0.15, 0.2) is 0 Å². The van der Waals surface area contributed by atoms with Crippen LogP contribution in [-0.4, -0.2) is 18.3 Å². The van der Waals surface area contributed by atoms with E-state index in [1.165, 1.54) is 0 Å². The van der Waals surface area contributed by atoms with E-state index in [-0.39, 0.29) is 6.61 Å². The van der Waals surface area contributed by atoms with Crippen molar-refractivity contribution in [3.63, 3.8) is 0 Å². The van der Waals surface area contributed by atoms with Gasteiger partial charge in [-0.1, -0.05) is 0 Å². The second-order valence-electron chi connectivity index (χ2n) is 4.28. The normalized spacial score (nSPS) is 9.55. The second kappa shape index (κ2) is 9.78. The van der Waals surface area contributed by atoms with Crippen molar-refractivity contribution in [1.82, 2.24) is 0 Å². The number of hydrogen-bond donors (Lipinski definition) is 1. The number of aliphatic hydroxyl groups is 1. The van der Waals surface area contributed by atoms with Gasteiger partial charge >= 0.3 is 0 Å². The Labute approximate surface area is 120 Å². The molecule has 0 aliphatic rings. The lowest BCUT2D eigenvalue weighted by atomic mass is 10.2. The summed E-state index contributed by atoms with van der Waals surface area (Å²) in [5.74, 6) is 6.50. The van der Waals surface area contributed by atoms with E-state index in [1.54, 1.807) is 12.1 Å². The zero-order valence-electron chi connectivity index (χ0n) is 11.6. The van der Waals surface area contributed by atoms with Gasteiger partial charge in [-0.15, -0.1) is 24.7 Å². The van der Waals surface area contributed by atoms with E-state index in [0.29, 0.717) is 37.6 Å². The minimum atomic E-state index is -0.0533. The van der Waals surface area contributed by atoms with Gasteiger partial charge in [0.1, 0.15) is 11.5 Å². The summed E-state index contributed by atoms with van der Waals surface area (Å²) in [4.78, 5) is 0. The van der Waals surface area contributed by atoms with Crippen molar-refractivity contribution in [2.45, 2.75) is 32.3 Å². The first-order valence-electron chi connectivity index (χ1n) is 6.67. The van der Waals surface area contributed by atoms with Crippen molar-refractivity contribution < 1.29 is 14.6 Å². The van der Waals surface area contributed by atoms with Crippen LogP contribution in [0.4, 0.5) is 0 Å². The quantitative estimate of drug-likeness (QED) is 0.555. The van der Waals surface area contributed by atoms with Gasteiger partial charge in [-0.05, 0) is 30.5 Å². The molecule has 0 bridgehead atoms. The summed E-state index contributed by atoms with van der Waals surface area (Å²) in [5.41, 5.74) is 0.756. The summed E-state index contributed by atoms with van der Waals surface area (Å²) in [7, 11) is 0. The Morgan fingerprint density at radius 2 is 1.40 bits per heavy atom. The second-order valence-corrected chi connectivity index (χ2v) is 4.28. The summed E-state index contributed by atoms with van der Waals surface area (Å²) in [5, 5.41) is 9.24. The SMILES string of the molecule is C#CCCCOc1cc(CO)cc(OCCCC#C)c1. The van der Waals surface area contributed by atoms with Crippen LogP contribution < -0.4 is 9.47 Å². The molecule has 0 aliphatic heterocycles. The average Bonchev–Trinajstić information content (AvgIpc) is 2.48. The van der Waals surface area contributed by atoms with Crippen LogP contribution in [0.2, 0.25) is 0 Å². The van der Waals surface area contributed by atoms with Gasteiger partial charge in [-0.3, -0.25) is 0 Å². The summed E-state index contributed by atoms with van der Waals surface area (Å²) < 4.78 is 11.2. The minimum absolute atomic E-state index is 0.0533. The zero-order chi connectivity index (χ0) is 14.6. The lowest BCUT2D eigenvalue weighted by Crippen LogP contribution is -2.01. The number of benzene rings is 1. The van der Waals surface area contributed by atoms with Gasteiger partial charge in [0.2, 0.25) is 0 Å². The highest BCUT2D eigenvalue weighted by molar-refractivity contribution is 5.38. The van der Waals surface area contributed by atoms with Gasteiger partial charge in [0.05, 0.1) is 19.8 Å². The van der Waals surface area contributed by atoms with Gasteiger partial charge in [0.25, 0.3) is 0 Å². The molecule has 3 heteroatoms. The first-order chi connectivity index (χ1) is 9.80. The smallest absolute Gasteiger partial charge is 0.123 e. The standard InChI is InChI=1S/C17H20O3/c1-3-5-7-9-19-16-11-15(14-18)12-17(13-16)20-10-8-6-4-2/h1-2,11-13,18H,5-10,14H2. The number of aliphatic hydroxyl groups excluding tert-OH is 1. The Kier molecular flexibility index (Phi) is 7.80. The first-order valence-corrected chi connectivity index (χ1v) is 6.67. The maximum atomic E-state index is 9.24. The Bertz CT molecular complexity index is 440. The van der Waals surface area contributed by atoms with E-state index < -0.39 is 0 Å². The van der Waals surface area contributed by atoms with Gasteiger partial charge in [-0.2, -0.15) is 0 Å². The third-order valence-corrected chi connectivity index (χ3v) is 2.59. The van der Waals surface area contributed by atoms with Crippen molar-refractivity contribution >= 4 is 0 Å². The number of unbranched alkanes of at least 4 members (excludes halogenated alkanes) is 2. The van der Waals surface area contributed by atoms with Crippen molar-refractivity contribution in [3.8, 4) is 36.2 Å². The van der Waals surface area contributed by atoms with E-state index in [1.807, 2.05) is 6.07 Å². The monoisotopic (exact) mass is 272 g/mol. The van der Waals surface area contributed by atoms with Gasteiger partial charge < -0.3 is 14.6 Å². The Morgan fingerprint density at radius 1 is 0.900 bits per heavy atom. The van der Waals surface area contributed by atoms with Gasteiger partial charge in [-0.25, -0.2) is 0 Å². The fourth-order valence-corrected chi connectivity index (χ4v) is 1.62. The minimum Gasteiger partial charge on any atom is -0.493 e. The van der Waals surface area contributed by atoms with Gasteiger partial charge in [0, 0.05) is 18.9 Å². The lowest BCUT2D eigenvalue weighted by Gasteiger charge is -2.11. The molecule has 1 aromatic rings. The van der Waals surface area contributed by atoms with Crippen LogP contribution in [0, 0.1) is 24.7 Å². The molecule has 0 saturated heterocycles. The number of ether oxygens (including phenoxy) is 2. The molecule has 0 amide bonds. The molecule has 0 radical (unpaired) electrons. The molecular weight excluding hydrogens is 252 g/mol. The van der Waals surface area contributed by atoms with Crippen LogP contribution >= 0.6 is 0 Å². The van der Waals surface area contributed by atoms with Crippen LogP contribution in [0.1, 0.15) is 31.2 Å². The predicted molar refractivity (Wildman–Crippen MR) is 79.5 cm³/mol. The molecule has 3 nitrogen and oxygen atoms in total. The molecule has 0 aromatic heterocycles. The van der Waals surface area contributed by atoms with Crippen LogP contribution in [0.15, 0.2) is 18.2 Å². The molecule has 106 valence electrons. The largest absolute Gasteiger partial charge is 0.493 e. The highest BCUT2D eigenvalue weighted by Crippen LogP contribution is 2.23. The van der Waals surface area contributed by atoms with E-state index in [2.05, 4.69) is 11.8 Å². The van der Waals surface area contributed by atoms with Crippen LogP contribution in [-0.2, 0) is 6.61 Å². The highest BCUT2D eigenvalue weighted by atomic mass is 16.5. The summed E-state index contributed by atoms with van der Waals surface area (Å²) in [6.07, 6.45) is 13.4. The zero-order valence-corrected chi connectivity index (χ0v) is 11.6. The molecule has 1 N–H and O–H groups in total. The molecule has 0 saturated carbocycles.